The summed E-state index contributed by atoms with van der Waals surface area (Å²) in [5, 5.41) is 0. The van der Waals surface area contributed by atoms with Crippen LogP contribution in [0.5, 0.6) is 0 Å². The van der Waals surface area contributed by atoms with Crippen molar-refractivity contribution in [2.75, 3.05) is 5.88 Å². The van der Waals surface area contributed by atoms with Crippen molar-refractivity contribution in [3.63, 3.8) is 0 Å². The Morgan fingerprint density at radius 2 is 0.838 bits per heavy atom. The summed E-state index contributed by atoms with van der Waals surface area (Å²) in [6.07, 6.45) is 6.14. The minimum Gasteiger partial charge on any atom is -0.127 e. The van der Waals surface area contributed by atoms with E-state index in [1.807, 2.05) is 6.92 Å². The van der Waals surface area contributed by atoms with Gasteiger partial charge < -0.3 is 0 Å². The Morgan fingerprint density at radius 1 is 0.514 bits per heavy atom. The van der Waals surface area contributed by atoms with E-state index in [1.165, 1.54) is 48.8 Å². The summed E-state index contributed by atoms with van der Waals surface area (Å²) >= 11 is 5.00. The van der Waals surface area contributed by atoms with Crippen LogP contribution < -0.4 is 0 Å². The fourth-order valence-corrected chi connectivity index (χ4v) is 4.05. The van der Waals surface area contributed by atoms with Crippen LogP contribution in [0.4, 0.5) is 0 Å². The standard InChI is InChI=1S/C26H30.C5H12.C3H8.C2H5Cl/c1-3-22(24-15-9-5-10-16-24)20-26(25-17-11-6-12-18-25)19-21(2)23-13-7-4-8-14-23;1-4-5(2)3;1-3-2;1-2-3/h4-18,21-22,26H,3,19-20H2,1-2H3;5H,4H2,1-3H3;3H2,1-2H3;2H2,1H3. The minimum absolute atomic E-state index is 0.565. The van der Waals surface area contributed by atoms with Gasteiger partial charge in [0.25, 0.3) is 0 Å². The zero-order chi connectivity index (χ0) is 27.9. The summed E-state index contributed by atoms with van der Waals surface area (Å²) in [7, 11) is 0. The molecule has 0 aliphatic heterocycles. The van der Waals surface area contributed by atoms with Crippen LogP contribution in [-0.4, -0.2) is 5.88 Å². The van der Waals surface area contributed by atoms with Crippen LogP contribution in [0.2, 0.25) is 0 Å². The molecule has 0 saturated heterocycles. The molecule has 0 aliphatic rings. The van der Waals surface area contributed by atoms with E-state index >= 15 is 0 Å². The summed E-state index contributed by atoms with van der Waals surface area (Å²) < 4.78 is 0. The van der Waals surface area contributed by atoms with Crippen molar-refractivity contribution in [2.45, 2.75) is 105 Å². The molecular formula is C36H55Cl. The summed E-state index contributed by atoms with van der Waals surface area (Å²) in [6.45, 7) is 17.5. The Kier molecular flexibility index (Phi) is 21.8. The van der Waals surface area contributed by atoms with Gasteiger partial charge in [0.15, 0.2) is 0 Å². The molecule has 0 fully saturated rings. The average Bonchev–Trinajstić information content (AvgIpc) is 2.93. The highest BCUT2D eigenvalue weighted by Gasteiger charge is 2.21. The van der Waals surface area contributed by atoms with Gasteiger partial charge in [-0.1, -0.05) is 159 Å². The minimum atomic E-state index is 0.565. The smallest absolute Gasteiger partial charge is 0.0195 e. The zero-order valence-corrected chi connectivity index (χ0v) is 25.8. The number of benzene rings is 3. The summed E-state index contributed by atoms with van der Waals surface area (Å²) in [5.74, 6) is 3.37. The number of halogens is 1. The first-order valence-corrected chi connectivity index (χ1v) is 15.1. The first-order valence-electron chi connectivity index (χ1n) is 14.6. The predicted molar refractivity (Wildman–Crippen MR) is 170 cm³/mol. The van der Waals surface area contributed by atoms with Gasteiger partial charge in [0, 0.05) is 5.88 Å². The van der Waals surface area contributed by atoms with E-state index in [4.69, 9.17) is 11.6 Å². The molecule has 0 N–H and O–H groups in total. The van der Waals surface area contributed by atoms with Gasteiger partial charge in [-0.05, 0) is 59.6 Å². The third-order valence-electron chi connectivity index (χ3n) is 6.43. The molecule has 0 spiro atoms. The van der Waals surface area contributed by atoms with Gasteiger partial charge in [0.2, 0.25) is 0 Å². The van der Waals surface area contributed by atoms with E-state index in [0.29, 0.717) is 17.8 Å². The molecule has 0 heterocycles. The van der Waals surface area contributed by atoms with Crippen LogP contribution in [0, 0.1) is 5.92 Å². The van der Waals surface area contributed by atoms with Crippen LogP contribution in [-0.2, 0) is 0 Å². The Balaban J connectivity index is 0.00000100. The topological polar surface area (TPSA) is 0 Å². The second-order valence-electron chi connectivity index (χ2n) is 10.2. The lowest BCUT2D eigenvalue weighted by Crippen LogP contribution is -2.10. The molecule has 1 heteroatoms. The van der Waals surface area contributed by atoms with Crippen molar-refractivity contribution < 1.29 is 0 Å². The van der Waals surface area contributed by atoms with Crippen LogP contribution in [0.15, 0.2) is 91.0 Å². The monoisotopic (exact) mass is 522 g/mol. The molecule has 3 atom stereocenters. The van der Waals surface area contributed by atoms with Crippen molar-refractivity contribution in [3.05, 3.63) is 108 Å². The van der Waals surface area contributed by atoms with Crippen LogP contribution in [0.25, 0.3) is 0 Å². The van der Waals surface area contributed by atoms with E-state index in [2.05, 4.69) is 139 Å². The van der Waals surface area contributed by atoms with E-state index in [0.717, 1.165) is 11.8 Å². The van der Waals surface area contributed by atoms with Gasteiger partial charge in [0.1, 0.15) is 0 Å². The largest absolute Gasteiger partial charge is 0.127 e. The quantitative estimate of drug-likeness (QED) is 0.245. The second kappa shape index (κ2) is 23.1. The maximum absolute atomic E-state index is 5.00. The van der Waals surface area contributed by atoms with Gasteiger partial charge >= 0.3 is 0 Å². The molecule has 3 unspecified atom stereocenters. The van der Waals surface area contributed by atoms with Gasteiger partial charge in [-0.3, -0.25) is 0 Å². The van der Waals surface area contributed by atoms with E-state index in [-0.39, 0.29) is 0 Å². The maximum Gasteiger partial charge on any atom is 0.0195 e. The van der Waals surface area contributed by atoms with Gasteiger partial charge in [-0.2, -0.15) is 0 Å². The number of hydrogen-bond donors (Lipinski definition) is 0. The summed E-state index contributed by atoms with van der Waals surface area (Å²) in [5.41, 5.74) is 4.40. The first-order chi connectivity index (χ1) is 17.9. The highest BCUT2D eigenvalue weighted by Crippen LogP contribution is 2.38. The number of alkyl halides is 1. The normalized spacial score (nSPS) is 12.5. The molecule has 0 amide bonds. The molecule has 206 valence electrons. The third kappa shape index (κ3) is 16.4. The Morgan fingerprint density at radius 3 is 1.16 bits per heavy atom. The highest BCUT2D eigenvalue weighted by atomic mass is 35.5. The fourth-order valence-electron chi connectivity index (χ4n) is 4.05. The molecule has 0 nitrogen and oxygen atoms in total. The molecule has 0 saturated carbocycles. The van der Waals surface area contributed by atoms with E-state index < -0.39 is 0 Å². The lowest BCUT2D eigenvalue weighted by Gasteiger charge is -2.26. The zero-order valence-electron chi connectivity index (χ0n) is 25.1. The molecule has 0 aromatic heterocycles. The Hall–Kier alpha value is -2.05. The molecule has 3 aromatic rings. The van der Waals surface area contributed by atoms with Crippen molar-refractivity contribution >= 4 is 11.6 Å². The first kappa shape index (κ1) is 35.0. The van der Waals surface area contributed by atoms with Crippen molar-refractivity contribution in [2.24, 2.45) is 5.92 Å². The molecule has 0 aliphatic carbocycles. The van der Waals surface area contributed by atoms with Crippen LogP contribution >= 0.6 is 11.6 Å². The molecule has 0 bridgehead atoms. The van der Waals surface area contributed by atoms with Crippen LogP contribution in [0.1, 0.15) is 122 Å². The molecule has 3 aromatic carbocycles. The highest BCUT2D eigenvalue weighted by molar-refractivity contribution is 6.17. The van der Waals surface area contributed by atoms with Crippen LogP contribution in [0.3, 0.4) is 0 Å². The molecule has 0 radical (unpaired) electrons. The van der Waals surface area contributed by atoms with E-state index in [9.17, 15) is 0 Å². The average molecular weight is 523 g/mol. The lowest BCUT2D eigenvalue weighted by atomic mass is 9.78. The Labute approximate surface area is 235 Å². The number of hydrogen-bond acceptors (Lipinski definition) is 0. The lowest BCUT2D eigenvalue weighted by molar-refractivity contribution is 0.467. The van der Waals surface area contributed by atoms with Crippen molar-refractivity contribution in [1.82, 2.24) is 0 Å². The fraction of sp³-hybridized carbons (Fsp3) is 0.500. The van der Waals surface area contributed by atoms with Crippen molar-refractivity contribution in [3.8, 4) is 0 Å². The maximum atomic E-state index is 5.00. The Bertz CT molecular complexity index is 840. The van der Waals surface area contributed by atoms with Gasteiger partial charge in [0.05, 0.1) is 0 Å². The molecular weight excluding hydrogens is 468 g/mol. The predicted octanol–water partition coefficient (Wildman–Crippen LogP) is 12.3. The third-order valence-corrected chi connectivity index (χ3v) is 6.43. The van der Waals surface area contributed by atoms with Crippen molar-refractivity contribution in [1.29, 1.82) is 0 Å². The number of rotatable bonds is 9. The molecule has 3 rings (SSSR count). The molecule has 37 heavy (non-hydrogen) atoms. The summed E-state index contributed by atoms with van der Waals surface area (Å²) in [6, 6.07) is 33.1. The van der Waals surface area contributed by atoms with Gasteiger partial charge in [-0.25, -0.2) is 0 Å². The van der Waals surface area contributed by atoms with E-state index in [1.54, 1.807) is 0 Å². The second-order valence-corrected chi connectivity index (χ2v) is 10.7. The SMILES string of the molecule is CCC.CCC(C)C.CCC(CC(CC(C)c1ccccc1)c1ccccc1)c1ccccc1.CCCl. The van der Waals surface area contributed by atoms with Gasteiger partial charge in [-0.15, -0.1) is 11.6 Å². The summed E-state index contributed by atoms with van der Waals surface area (Å²) in [4.78, 5) is 0.